The van der Waals surface area contributed by atoms with Gasteiger partial charge in [0.15, 0.2) is 0 Å². The summed E-state index contributed by atoms with van der Waals surface area (Å²) in [6.07, 6.45) is 1.81. The van der Waals surface area contributed by atoms with Gasteiger partial charge in [0, 0.05) is 14.7 Å². The van der Waals surface area contributed by atoms with Crippen LogP contribution < -0.4 is 10.5 Å². The molecule has 1 aliphatic carbocycles. The van der Waals surface area contributed by atoms with Crippen molar-refractivity contribution in [3.05, 3.63) is 29.3 Å². The first-order valence-electron chi connectivity index (χ1n) is 6.11. The molecule has 0 bridgehead atoms. The highest BCUT2D eigenvalue weighted by Crippen LogP contribution is 2.49. The summed E-state index contributed by atoms with van der Waals surface area (Å²) in [4.78, 5) is 0. The van der Waals surface area contributed by atoms with Crippen molar-refractivity contribution in [2.24, 2.45) is 11.7 Å². The molecule has 2 heteroatoms. The average Bonchev–Trinajstić information content (AvgIpc) is 2.88. The first-order valence-corrected chi connectivity index (χ1v) is 5.11. The lowest BCUT2D eigenvalue weighted by Crippen LogP contribution is -2.02. The third-order valence-electron chi connectivity index (χ3n) is 3.18. The molecule has 0 radical (unpaired) electrons. The fourth-order valence-electron chi connectivity index (χ4n) is 2.32. The third kappa shape index (κ3) is 1.14. The summed E-state index contributed by atoms with van der Waals surface area (Å²) < 4.78 is 20.6. The molecule has 2 N–H and O–H groups in total. The molecular weight excluding hydrogens is 174 g/mol. The van der Waals surface area contributed by atoms with Crippen LogP contribution in [0.5, 0.6) is 5.75 Å². The summed E-state index contributed by atoms with van der Waals surface area (Å²) in [5, 5.41) is 0. The normalized spacial score (nSPS) is 31.5. The monoisotopic (exact) mass is 191 g/mol. The van der Waals surface area contributed by atoms with Crippen molar-refractivity contribution in [3.8, 4) is 5.75 Å². The van der Waals surface area contributed by atoms with Crippen molar-refractivity contribution in [3.63, 3.8) is 0 Å². The van der Waals surface area contributed by atoms with E-state index in [1.807, 2.05) is 12.1 Å². The predicted octanol–water partition coefficient (Wildman–Crippen LogP) is 1.68. The van der Waals surface area contributed by atoms with Crippen LogP contribution in [0.15, 0.2) is 18.2 Å². The second-order valence-corrected chi connectivity index (χ2v) is 4.04. The molecule has 74 valence electrons. The molecule has 0 amide bonds. The molecule has 0 spiro atoms. The summed E-state index contributed by atoms with van der Waals surface area (Å²) in [5.41, 5.74) is 8.02. The van der Waals surface area contributed by atoms with E-state index in [9.17, 15) is 0 Å². The fourth-order valence-corrected chi connectivity index (χ4v) is 2.32. The van der Waals surface area contributed by atoms with E-state index < -0.39 is 6.50 Å². The van der Waals surface area contributed by atoms with Gasteiger partial charge < -0.3 is 10.5 Å². The van der Waals surface area contributed by atoms with Crippen molar-refractivity contribution in [2.45, 2.75) is 18.8 Å². The van der Waals surface area contributed by atoms with E-state index in [4.69, 9.17) is 13.2 Å². The van der Waals surface area contributed by atoms with Crippen LogP contribution in [-0.4, -0.2) is 13.1 Å². The summed E-state index contributed by atoms with van der Waals surface area (Å²) in [6.45, 7) is -0.799. The van der Waals surface area contributed by atoms with E-state index in [0.29, 0.717) is 0 Å². The van der Waals surface area contributed by atoms with E-state index in [2.05, 4.69) is 6.07 Å². The molecule has 2 atom stereocenters. The minimum Gasteiger partial charge on any atom is -0.493 e. The standard InChI is InChI=1S/C12H15NO/c13-7-8-6-11(8)9-2-1-3-12-10(9)4-5-14-12/h1-3,8,11H,4-7,13H2/t8-,11+/m0/s1/i7D2. The Morgan fingerprint density at radius 2 is 2.50 bits per heavy atom. The number of hydrogen-bond donors (Lipinski definition) is 1. The molecule has 1 fully saturated rings. The maximum atomic E-state index is 7.54. The number of fused-ring (bicyclic) bond motifs is 1. The van der Waals surface area contributed by atoms with Crippen molar-refractivity contribution in [1.29, 1.82) is 0 Å². The number of benzene rings is 1. The summed E-state index contributed by atoms with van der Waals surface area (Å²) in [5.74, 6) is 1.23. The molecular formula is C12H15NO. The van der Waals surface area contributed by atoms with Crippen LogP contribution >= 0.6 is 0 Å². The predicted molar refractivity (Wildman–Crippen MR) is 55.5 cm³/mol. The Morgan fingerprint density at radius 3 is 3.29 bits per heavy atom. The topological polar surface area (TPSA) is 35.2 Å². The zero-order valence-electron chi connectivity index (χ0n) is 9.99. The maximum Gasteiger partial charge on any atom is 0.122 e. The molecule has 1 saturated carbocycles. The van der Waals surface area contributed by atoms with Gasteiger partial charge in [-0.15, -0.1) is 0 Å². The van der Waals surface area contributed by atoms with E-state index >= 15 is 0 Å². The number of rotatable bonds is 2. The lowest BCUT2D eigenvalue weighted by atomic mass is 10.00. The Labute approximate surface area is 86.9 Å². The summed E-state index contributed by atoms with van der Waals surface area (Å²) >= 11 is 0. The Hall–Kier alpha value is -1.02. The van der Waals surface area contributed by atoms with Gasteiger partial charge in [-0.3, -0.25) is 0 Å². The second kappa shape index (κ2) is 2.99. The van der Waals surface area contributed by atoms with E-state index in [1.54, 1.807) is 0 Å². The van der Waals surface area contributed by atoms with Gasteiger partial charge in [-0.05, 0) is 36.4 Å². The van der Waals surface area contributed by atoms with Gasteiger partial charge in [0.2, 0.25) is 0 Å². The molecule has 14 heavy (non-hydrogen) atoms. The van der Waals surface area contributed by atoms with Gasteiger partial charge in [0.05, 0.1) is 6.61 Å². The number of hydrogen-bond acceptors (Lipinski definition) is 2. The zero-order chi connectivity index (χ0) is 11.3. The first kappa shape index (κ1) is 6.46. The van der Waals surface area contributed by atoms with E-state index in [1.165, 1.54) is 11.1 Å². The average molecular weight is 191 g/mol. The van der Waals surface area contributed by atoms with E-state index in [-0.39, 0.29) is 11.8 Å². The number of ether oxygens (including phenoxy) is 1. The van der Waals surface area contributed by atoms with Crippen LogP contribution in [0.2, 0.25) is 0 Å². The molecule has 1 aromatic rings. The molecule has 1 heterocycles. The van der Waals surface area contributed by atoms with Gasteiger partial charge in [-0.25, -0.2) is 0 Å². The van der Waals surface area contributed by atoms with Crippen LogP contribution in [0.25, 0.3) is 0 Å². The van der Waals surface area contributed by atoms with Crippen LogP contribution in [0.4, 0.5) is 0 Å². The van der Waals surface area contributed by atoms with Crippen LogP contribution in [0.1, 0.15) is 26.2 Å². The highest BCUT2D eigenvalue weighted by molar-refractivity contribution is 5.46. The third-order valence-corrected chi connectivity index (χ3v) is 3.18. The maximum absolute atomic E-state index is 7.54. The molecule has 2 nitrogen and oxygen atoms in total. The second-order valence-electron chi connectivity index (χ2n) is 4.04. The van der Waals surface area contributed by atoms with Crippen molar-refractivity contribution < 1.29 is 7.48 Å². The Kier molecular flexibility index (Phi) is 1.38. The quantitative estimate of drug-likeness (QED) is 0.772. The highest BCUT2D eigenvalue weighted by atomic mass is 16.5. The highest BCUT2D eigenvalue weighted by Gasteiger charge is 2.39. The lowest BCUT2D eigenvalue weighted by molar-refractivity contribution is 0.357. The van der Waals surface area contributed by atoms with Gasteiger partial charge in [0.1, 0.15) is 5.75 Å². The molecule has 0 saturated heterocycles. The SMILES string of the molecule is [2H]C([2H])(N)[C@@H]1C[C@H]1c1cccc2c1CCO2. The minimum absolute atomic E-state index is 0.0281. The zero-order valence-corrected chi connectivity index (χ0v) is 7.99. The Morgan fingerprint density at radius 1 is 1.57 bits per heavy atom. The molecule has 2 aliphatic rings. The van der Waals surface area contributed by atoms with Gasteiger partial charge in [0.25, 0.3) is 0 Å². The van der Waals surface area contributed by atoms with Gasteiger partial charge in [-0.1, -0.05) is 12.1 Å². The van der Waals surface area contributed by atoms with Crippen LogP contribution in [0.3, 0.4) is 0 Å². The first-order chi connectivity index (χ1) is 7.57. The molecule has 1 aliphatic heterocycles. The molecule has 0 unspecified atom stereocenters. The lowest BCUT2D eigenvalue weighted by Gasteiger charge is -2.05. The van der Waals surface area contributed by atoms with E-state index in [0.717, 1.165) is 25.2 Å². The van der Waals surface area contributed by atoms with Crippen molar-refractivity contribution in [2.75, 3.05) is 13.1 Å². The smallest absolute Gasteiger partial charge is 0.122 e. The number of nitrogens with two attached hydrogens (primary N) is 1. The summed E-state index contributed by atoms with van der Waals surface area (Å²) in [6, 6.07) is 6.06. The van der Waals surface area contributed by atoms with Crippen LogP contribution in [0, 0.1) is 5.92 Å². The Balaban J connectivity index is 1.90. The largest absolute Gasteiger partial charge is 0.493 e. The molecule has 1 aromatic carbocycles. The van der Waals surface area contributed by atoms with Crippen LogP contribution in [-0.2, 0) is 6.42 Å². The van der Waals surface area contributed by atoms with Gasteiger partial charge in [-0.2, -0.15) is 0 Å². The van der Waals surface area contributed by atoms with Crippen molar-refractivity contribution in [1.82, 2.24) is 0 Å². The Bertz CT molecular complexity index is 428. The van der Waals surface area contributed by atoms with Gasteiger partial charge >= 0.3 is 0 Å². The minimum atomic E-state index is -1.55. The molecule has 3 rings (SSSR count). The van der Waals surface area contributed by atoms with Crippen molar-refractivity contribution >= 4 is 0 Å². The summed E-state index contributed by atoms with van der Waals surface area (Å²) in [7, 11) is 0. The fraction of sp³-hybridized carbons (Fsp3) is 0.500. The molecule has 0 aromatic heterocycles.